The molecule has 0 amide bonds. The van der Waals surface area contributed by atoms with E-state index in [0.717, 1.165) is 25.7 Å². The Labute approximate surface area is 151 Å². The molecule has 0 aromatic rings. The molecule has 0 heterocycles. The molecule has 0 radical (unpaired) electrons. The summed E-state index contributed by atoms with van der Waals surface area (Å²) in [6, 6.07) is 0. The summed E-state index contributed by atoms with van der Waals surface area (Å²) in [5, 5.41) is 9.62. The molecule has 2 aliphatic rings. The average Bonchev–Trinajstić information content (AvgIpc) is 2.62. The summed E-state index contributed by atoms with van der Waals surface area (Å²) in [7, 11) is -3.25. The van der Waals surface area contributed by atoms with Gasteiger partial charge in [-0.3, -0.25) is 9.36 Å². The molecule has 2 aliphatic carbocycles. The van der Waals surface area contributed by atoms with Crippen molar-refractivity contribution in [3.63, 3.8) is 0 Å². The lowest BCUT2D eigenvalue weighted by Crippen LogP contribution is -2.38. The number of hydrogen-bond acceptors (Lipinski definition) is 4. The fourth-order valence-electron chi connectivity index (χ4n) is 4.43. The number of hydrogen-bond donors (Lipinski definition) is 2. The maximum Gasteiger partial charge on any atom is 0.307 e. The van der Waals surface area contributed by atoms with E-state index < -0.39 is 30.7 Å². The standard InChI is InChI=1S/C19H34NO4P/c1-2-3-13-24-25(23,17-12-8-7-11-16(17)19(21)22)18(20)14-15-9-5-4-6-10-15/h2-3,15-18H,4-14,20H2,1H3,(H,21,22). The first-order valence-corrected chi connectivity index (χ1v) is 11.6. The third kappa shape index (κ3) is 5.42. The molecule has 4 atom stereocenters. The number of rotatable bonds is 8. The largest absolute Gasteiger partial charge is 0.481 e. The lowest BCUT2D eigenvalue weighted by atomic mass is 9.87. The Hall–Kier alpha value is -0.640. The van der Waals surface area contributed by atoms with Gasteiger partial charge in [0.15, 0.2) is 0 Å². The van der Waals surface area contributed by atoms with Gasteiger partial charge < -0.3 is 15.4 Å². The van der Waals surface area contributed by atoms with Gasteiger partial charge in [0.1, 0.15) is 0 Å². The molecule has 6 heteroatoms. The highest BCUT2D eigenvalue weighted by atomic mass is 31.2. The molecule has 25 heavy (non-hydrogen) atoms. The highest BCUT2D eigenvalue weighted by Gasteiger charge is 2.47. The van der Waals surface area contributed by atoms with Crippen molar-refractivity contribution in [3.8, 4) is 0 Å². The smallest absolute Gasteiger partial charge is 0.307 e. The Balaban J connectivity index is 2.18. The van der Waals surface area contributed by atoms with Crippen molar-refractivity contribution in [2.75, 3.05) is 6.61 Å². The van der Waals surface area contributed by atoms with Gasteiger partial charge in [0, 0.05) is 0 Å². The predicted octanol–water partition coefficient (Wildman–Crippen LogP) is 4.76. The fraction of sp³-hybridized carbons (Fsp3) is 0.842. The summed E-state index contributed by atoms with van der Waals surface area (Å²) in [6.07, 6.45) is 13.3. The summed E-state index contributed by atoms with van der Waals surface area (Å²) >= 11 is 0. The Morgan fingerprint density at radius 2 is 1.84 bits per heavy atom. The minimum absolute atomic E-state index is 0.245. The third-order valence-corrected chi connectivity index (χ3v) is 9.11. The molecule has 0 saturated heterocycles. The normalized spacial score (nSPS) is 29.4. The van der Waals surface area contributed by atoms with E-state index >= 15 is 0 Å². The van der Waals surface area contributed by atoms with Gasteiger partial charge in [-0.05, 0) is 32.1 Å². The zero-order valence-electron chi connectivity index (χ0n) is 15.4. The Bertz CT molecular complexity index is 502. The minimum Gasteiger partial charge on any atom is -0.481 e. The van der Waals surface area contributed by atoms with Crippen molar-refractivity contribution in [2.24, 2.45) is 17.6 Å². The molecule has 2 fully saturated rings. The Kier molecular flexibility index (Phi) is 8.18. The number of carbonyl (C=O) groups is 1. The van der Waals surface area contributed by atoms with Gasteiger partial charge in [-0.1, -0.05) is 57.1 Å². The van der Waals surface area contributed by atoms with Crippen molar-refractivity contribution >= 4 is 13.3 Å². The number of carboxylic acid groups (broad SMARTS) is 1. The molecule has 0 aromatic heterocycles. The maximum absolute atomic E-state index is 13.9. The second-order valence-corrected chi connectivity index (χ2v) is 10.5. The molecule has 2 saturated carbocycles. The minimum atomic E-state index is -3.25. The van der Waals surface area contributed by atoms with Gasteiger partial charge in [-0.2, -0.15) is 0 Å². The molecular formula is C19H34NO4P. The summed E-state index contributed by atoms with van der Waals surface area (Å²) in [4.78, 5) is 11.7. The van der Waals surface area contributed by atoms with Crippen molar-refractivity contribution in [1.29, 1.82) is 0 Å². The molecule has 3 N–H and O–H groups in total. The van der Waals surface area contributed by atoms with E-state index in [1.165, 1.54) is 19.3 Å². The zero-order valence-corrected chi connectivity index (χ0v) is 16.3. The molecule has 0 aromatic carbocycles. The van der Waals surface area contributed by atoms with E-state index in [9.17, 15) is 14.5 Å². The first kappa shape index (κ1) is 20.7. The summed E-state index contributed by atoms with van der Waals surface area (Å²) in [5.74, 6) is -1.51. The van der Waals surface area contributed by atoms with Crippen LogP contribution in [0.2, 0.25) is 0 Å². The van der Waals surface area contributed by atoms with Gasteiger partial charge in [0.05, 0.1) is 24.0 Å². The third-order valence-electron chi connectivity index (χ3n) is 5.88. The monoisotopic (exact) mass is 371 g/mol. The first-order chi connectivity index (χ1) is 12.0. The molecule has 2 rings (SSSR count). The van der Waals surface area contributed by atoms with Crippen LogP contribution in [0.25, 0.3) is 0 Å². The molecule has 4 unspecified atom stereocenters. The van der Waals surface area contributed by atoms with Crippen LogP contribution in [-0.4, -0.2) is 29.1 Å². The van der Waals surface area contributed by atoms with Crippen molar-refractivity contribution in [3.05, 3.63) is 12.2 Å². The maximum atomic E-state index is 13.9. The quantitative estimate of drug-likeness (QED) is 0.474. The lowest BCUT2D eigenvalue weighted by Gasteiger charge is -2.38. The van der Waals surface area contributed by atoms with Crippen LogP contribution in [0, 0.1) is 11.8 Å². The van der Waals surface area contributed by atoms with E-state index in [1.807, 2.05) is 19.1 Å². The highest BCUT2D eigenvalue weighted by molar-refractivity contribution is 7.60. The van der Waals surface area contributed by atoms with E-state index in [-0.39, 0.29) is 6.61 Å². The second-order valence-electron chi connectivity index (χ2n) is 7.61. The van der Waals surface area contributed by atoms with Crippen LogP contribution in [-0.2, 0) is 13.9 Å². The summed E-state index contributed by atoms with van der Waals surface area (Å²) < 4.78 is 19.8. The summed E-state index contributed by atoms with van der Waals surface area (Å²) in [6.45, 7) is 2.13. The van der Waals surface area contributed by atoms with Crippen LogP contribution in [0.3, 0.4) is 0 Å². The van der Waals surface area contributed by atoms with Crippen LogP contribution in [0.4, 0.5) is 0 Å². The predicted molar refractivity (Wildman–Crippen MR) is 101 cm³/mol. The average molecular weight is 371 g/mol. The van der Waals surface area contributed by atoms with Gasteiger partial charge in [-0.25, -0.2) is 0 Å². The Morgan fingerprint density at radius 3 is 2.48 bits per heavy atom. The Morgan fingerprint density at radius 1 is 1.20 bits per heavy atom. The zero-order chi connectivity index (χ0) is 18.3. The van der Waals surface area contributed by atoms with Crippen molar-refractivity contribution < 1.29 is 19.0 Å². The first-order valence-electron chi connectivity index (χ1n) is 9.82. The van der Waals surface area contributed by atoms with E-state index in [0.29, 0.717) is 25.2 Å². The molecule has 5 nitrogen and oxygen atoms in total. The van der Waals surface area contributed by atoms with Crippen LogP contribution < -0.4 is 5.73 Å². The number of allylic oxidation sites excluding steroid dienone is 1. The van der Waals surface area contributed by atoms with Crippen LogP contribution in [0.15, 0.2) is 12.2 Å². The van der Waals surface area contributed by atoms with Crippen molar-refractivity contribution in [2.45, 2.75) is 82.6 Å². The van der Waals surface area contributed by atoms with Gasteiger partial charge in [-0.15, -0.1) is 0 Å². The van der Waals surface area contributed by atoms with Crippen LogP contribution in [0.1, 0.15) is 71.1 Å². The molecule has 0 bridgehead atoms. The molecule has 0 spiro atoms. The SMILES string of the molecule is CC=CCOP(=O)(C(N)CC1CCCCC1)C1CCCCC1C(=O)O. The fourth-order valence-corrected chi connectivity index (χ4v) is 7.54. The lowest BCUT2D eigenvalue weighted by molar-refractivity contribution is -0.142. The molecule has 144 valence electrons. The van der Waals surface area contributed by atoms with Gasteiger partial charge in [0.2, 0.25) is 7.37 Å². The van der Waals surface area contributed by atoms with Crippen LogP contribution >= 0.6 is 7.37 Å². The molecule has 0 aliphatic heterocycles. The van der Waals surface area contributed by atoms with E-state index in [2.05, 4.69) is 0 Å². The van der Waals surface area contributed by atoms with Gasteiger partial charge in [0.25, 0.3) is 0 Å². The van der Waals surface area contributed by atoms with E-state index in [4.69, 9.17) is 10.3 Å². The second kappa shape index (κ2) is 9.89. The number of carboxylic acids is 1. The number of aliphatic carboxylic acids is 1. The van der Waals surface area contributed by atoms with Crippen molar-refractivity contribution in [1.82, 2.24) is 0 Å². The highest BCUT2D eigenvalue weighted by Crippen LogP contribution is 2.61. The summed E-state index contributed by atoms with van der Waals surface area (Å²) in [5.41, 5.74) is 6.01. The molecular weight excluding hydrogens is 337 g/mol. The topological polar surface area (TPSA) is 89.6 Å². The number of nitrogens with two attached hydrogens (primary N) is 1. The van der Waals surface area contributed by atoms with Gasteiger partial charge >= 0.3 is 5.97 Å². The van der Waals surface area contributed by atoms with Crippen LogP contribution in [0.5, 0.6) is 0 Å². The van der Waals surface area contributed by atoms with E-state index in [1.54, 1.807) is 0 Å².